The van der Waals surface area contributed by atoms with Gasteiger partial charge in [-0.05, 0) is 30.5 Å². The third-order valence-corrected chi connectivity index (χ3v) is 3.75. The molecule has 1 atom stereocenters. The van der Waals surface area contributed by atoms with Crippen molar-refractivity contribution in [1.82, 2.24) is 0 Å². The van der Waals surface area contributed by atoms with Crippen LogP contribution in [0.1, 0.15) is 18.9 Å². The van der Waals surface area contributed by atoms with Crippen molar-refractivity contribution in [3.8, 4) is 5.75 Å². The molecule has 1 rings (SSSR count). The first kappa shape index (κ1) is 15.6. The van der Waals surface area contributed by atoms with Crippen molar-refractivity contribution < 1.29 is 19.4 Å². The maximum atomic E-state index is 11.1. The fourth-order valence-corrected chi connectivity index (χ4v) is 2.37. The molecule has 0 spiro atoms. The van der Waals surface area contributed by atoms with E-state index in [1.54, 1.807) is 7.11 Å². The van der Waals surface area contributed by atoms with Gasteiger partial charge in [0.1, 0.15) is 5.75 Å². The molecule has 0 saturated heterocycles. The smallest absolute Gasteiger partial charge is 0.307 e. The molecule has 0 aliphatic carbocycles. The topological polar surface area (TPSA) is 63.6 Å². The van der Waals surface area contributed by atoms with Crippen molar-refractivity contribution in [2.75, 3.05) is 12.9 Å². The molecule has 1 N–H and O–H groups in total. The van der Waals surface area contributed by atoms with Crippen LogP contribution in [0.3, 0.4) is 0 Å². The third-order valence-electron chi connectivity index (χ3n) is 2.78. The number of hydrogen-bond acceptors (Lipinski definition) is 4. The van der Waals surface area contributed by atoms with E-state index in [0.717, 1.165) is 23.1 Å². The van der Waals surface area contributed by atoms with Gasteiger partial charge in [0.25, 0.3) is 0 Å². The van der Waals surface area contributed by atoms with Crippen molar-refractivity contribution in [3.05, 3.63) is 29.8 Å². The van der Waals surface area contributed by atoms with Crippen molar-refractivity contribution >= 4 is 22.8 Å². The lowest BCUT2D eigenvalue weighted by Crippen LogP contribution is -2.17. The molecule has 0 radical (unpaired) electrons. The molecule has 19 heavy (non-hydrogen) atoms. The number of ether oxygens (including phenoxy) is 1. The average molecular weight is 282 g/mol. The SMILES string of the molecule is COc1ccc(CCC(CSC(C)=O)C(=O)O)cc1. The van der Waals surface area contributed by atoms with Gasteiger partial charge in [0, 0.05) is 12.7 Å². The second-order valence-corrected chi connectivity index (χ2v) is 5.42. The first-order chi connectivity index (χ1) is 9.02. The molecule has 104 valence electrons. The zero-order valence-corrected chi connectivity index (χ0v) is 11.9. The molecule has 0 aliphatic heterocycles. The highest BCUT2D eigenvalue weighted by Crippen LogP contribution is 2.18. The van der Waals surface area contributed by atoms with Crippen LogP contribution in [0.4, 0.5) is 0 Å². The van der Waals surface area contributed by atoms with Gasteiger partial charge in [0.15, 0.2) is 5.12 Å². The van der Waals surface area contributed by atoms with Gasteiger partial charge in [-0.15, -0.1) is 0 Å². The number of rotatable bonds is 7. The van der Waals surface area contributed by atoms with Crippen LogP contribution in [0, 0.1) is 5.92 Å². The van der Waals surface area contributed by atoms with E-state index in [1.165, 1.54) is 6.92 Å². The summed E-state index contributed by atoms with van der Waals surface area (Å²) < 4.78 is 5.06. The summed E-state index contributed by atoms with van der Waals surface area (Å²) in [5.74, 6) is -0.218. The van der Waals surface area contributed by atoms with E-state index in [0.29, 0.717) is 18.6 Å². The number of carbonyl (C=O) groups is 2. The number of hydrogen-bond donors (Lipinski definition) is 1. The molecule has 1 aromatic rings. The van der Waals surface area contributed by atoms with Gasteiger partial charge in [-0.25, -0.2) is 0 Å². The van der Waals surface area contributed by atoms with E-state index in [4.69, 9.17) is 9.84 Å². The monoisotopic (exact) mass is 282 g/mol. The zero-order valence-electron chi connectivity index (χ0n) is 11.1. The Morgan fingerprint density at radius 3 is 2.42 bits per heavy atom. The normalized spacial score (nSPS) is 11.9. The maximum absolute atomic E-state index is 11.1. The Hall–Kier alpha value is -1.49. The lowest BCUT2D eigenvalue weighted by atomic mass is 10.0. The molecular formula is C14H18O4S. The van der Waals surface area contributed by atoms with E-state index in [1.807, 2.05) is 24.3 Å². The van der Waals surface area contributed by atoms with Gasteiger partial charge in [0.2, 0.25) is 0 Å². The Balaban J connectivity index is 2.50. The molecule has 0 bridgehead atoms. The Morgan fingerprint density at radius 2 is 1.95 bits per heavy atom. The van der Waals surface area contributed by atoms with Crippen molar-refractivity contribution in [2.45, 2.75) is 19.8 Å². The lowest BCUT2D eigenvalue weighted by molar-refractivity contribution is -0.141. The number of carboxylic acid groups (broad SMARTS) is 1. The maximum Gasteiger partial charge on any atom is 0.307 e. The molecule has 0 aromatic heterocycles. The molecule has 4 nitrogen and oxygen atoms in total. The van der Waals surface area contributed by atoms with Gasteiger partial charge < -0.3 is 9.84 Å². The van der Waals surface area contributed by atoms with Crippen LogP contribution >= 0.6 is 11.8 Å². The van der Waals surface area contributed by atoms with E-state index in [2.05, 4.69) is 0 Å². The minimum absolute atomic E-state index is 0.0457. The van der Waals surface area contributed by atoms with Crippen LogP contribution in [0.5, 0.6) is 5.75 Å². The second kappa shape index (κ2) is 7.84. The lowest BCUT2D eigenvalue weighted by Gasteiger charge is -2.11. The van der Waals surface area contributed by atoms with Gasteiger partial charge in [-0.1, -0.05) is 23.9 Å². The molecule has 0 heterocycles. The van der Waals surface area contributed by atoms with Crippen LogP contribution in [0.25, 0.3) is 0 Å². The Bertz CT molecular complexity index is 428. The minimum Gasteiger partial charge on any atom is -0.497 e. The predicted molar refractivity (Wildman–Crippen MR) is 75.6 cm³/mol. The van der Waals surface area contributed by atoms with Crippen molar-refractivity contribution in [3.63, 3.8) is 0 Å². The van der Waals surface area contributed by atoms with E-state index in [-0.39, 0.29) is 5.12 Å². The van der Waals surface area contributed by atoms with Crippen LogP contribution in [0.2, 0.25) is 0 Å². The molecule has 1 aromatic carbocycles. The van der Waals surface area contributed by atoms with E-state index >= 15 is 0 Å². The summed E-state index contributed by atoms with van der Waals surface area (Å²) in [6.45, 7) is 1.45. The van der Waals surface area contributed by atoms with Crippen LogP contribution in [0.15, 0.2) is 24.3 Å². The third kappa shape index (κ3) is 5.79. The minimum atomic E-state index is -0.845. The number of carbonyl (C=O) groups excluding carboxylic acids is 1. The highest BCUT2D eigenvalue weighted by Gasteiger charge is 2.18. The molecule has 0 amide bonds. The highest BCUT2D eigenvalue weighted by atomic mass is 32.2. The number of thioether (sulfide) groups is 1. The highest BCUT2D eigenvalue weighted by molar-refractivity contribution is 8.13. The van der Waals surface area contributed by atoms with E-state index < -0.39 is 11.9 Å². The summed E-state index contributed by atoms with van der Waals surface area (Å²) in [5, 5.41) is 9.06. The van der Waals surface area contributed by atoms with Gasteiger partial charge in [0.05, 0.1) is 13.0 Å². The average Bonchev–Trinajstić information content (AvgIpc) is 2.38. The molecule has 0 fully saturated rings. The zero-order chi connectivity index (χ0) is 14.3. The van der Waals surface area contributed by atoms with Crippen molar-refractivity contribution in [2.24, 2.45) is 5.92 Å². The predicted octanol–water partition coefficient (Wildman–Crippen LogP) is 2.61. The van der Waals surface area contributed by atoms with Crippen LogP contribution in [-0.2, 0) is 16.0 Å². The molecule has 5 heteroatoms. The fraction of sp³-hybridized carbons (Fsp3) is 0.429. The largest absolute Gasteiger partial charge is 0.497 e. The second-order valence-electron chi connectivity index (χ2n) is 4.22. The van der Waals surface area contributed by atoms with Crippen molar-refractivity contribution in [1.29, 1.82) is 0 Å². The first-order valence-corrected chi connectivity index (χ1v) is 7.00. The summed E-state index contributed by atoms with van der Waals surface area (Å²) in [6.07, 6.45) is 1.21. The molecule has 0 aliphatic rings. The van der Waals surface area contributed by atoms with Gasteiger partial charge in [-0.3, -0.25) is 9.59 Å². The summed E-state index contributed by atoms with van der Waals surface area (Å²) in [7, 11) is 1.61. The van der Waals surface area contributed by atoms with Gasteiger partial charge >= 0.3 is 5.97 Å². The number of carboxylic acids is 1. The Morgan fingerprint density at radius 1 is 1.32 bits per heavy atom. The quantitative estimate of drug-likeness (QED) is 0.833. The van der Waals surface area contributed by atoms with Crippen LogP contribution in [-0.4, -0.2) is 29.1 Å². The molecule has 1 unspecified atom stereocenters. The summed E-state index contributed by atoms with van der Waals surface area (Å²) in [4.78, 5) is 22.0. The fourth-order valence-electron chi connectivity index (χ4n) is 1.63. The first-order valence-electron chi connectivity index (χ1n) is 6.02. The standard InChI is InChI=1S/C14H18O4S/c1-10(15)19-9-12(14(16)17)6-3-11-4-7-13(18-2)8-5-11/h4-5,7-8,12H,3,6,9H2,1-2H3,(H,16,17). The van der Waals surface area contributed by atoms with Crippen LogP contribution < -0.4 is 4.74 Å². The number of benzene rings is 1. The molecule has 0 saturated carbocycles. The Labute approximate surface area is 117 Å². The summed E-state index contributed by atoms with van der Waals surface area (Å²) in [6, 6.07) is 7.57. The summed E-state index contributed by atoms with van der Waals surface area (Å²) >= 11 is 1.07. The Kier molecular flexibility index (Phi) is 6.42. The summed E-state index contributed by atoms with van der Waals surface area (Å²) in [5.41, 5.74) is 1.07. The number of aliphatic carboxylic acids is 1. The van der Waals surface area contributed by atoms with Gasteiger partial charge in [-0.2, -0.15) is 0 Å². The number of aryl methyl sites for hydroxylation is 1. The van der Waals surface area contributed by atoms with E-state index in [9.17, 15) is 9.59 Å². The number of methoxy groups -OCH3 is 1. The molecular weight excluding hydrogens is 264 g/mol.